The van der Waals surface area contributed by atoms with Gasteiger partial charge in [-0.25, -0.2) is 9.59 Å². The highest BCUT2D eigenvalue weighted by molar-refractivity contribution is 9.10. The fourth-order valence-corrected chi connectivity index (χ4v) is 4.17. The number of ketones is 1. The molecule has 1 aliphatic rings. The second-order valence-electron chi connectivity index (χ2n) is 8.62. The van der Waals surface area contributed by atoms with Gasteiger partial charge in [0.05, 0.1) is 23.7 Å². The Morgan fingerprint density at radius 2 is 1.41 bits per heavy atom. The van der Waals surface area contributed by atoms with Gasteiger partial charge in [0.15, 0.2) is 12.4 Å². The maximum Gasteiger partial charge on any atom is 0.343 e. The van der Waals surface area contributed by atoms with E-state index in [-0.39, 0.29) is 36.8 Å². The van der Waals surface area contributed by atoms with Gasteiger partial charge in [-0.15, -0.1) is 0 Å². The highest BCUT2D eigenvalue weighted by atomic mass is 79.9. The van der Waals surface area contributed by atoms with E-state index in [0.29, 0.717) is 16.8 Å². The van der Waals surface area contributed by atoms with Gasteiger partial charge in [0.2, 0.25) is 5.91 Å². The second-order valence-corrected chi connectivity index (χ2v) is 9.54. The Balaban J connectivity index is 1.27. The zero-order valence-electron chi connectivity index (χ0n) is 20.9. The fourth-order valence-electron chi connectivity index (χ4n) is 3.91. The average Bonchev–Trinajstić information content (AvgIpc) is 3.34. The molecule has 0 aliphatic carbocycles. The highest BCUT2D eigenvalue weighted by Gasteiger charge is 2.36. The number of rotatable bonds is 9. The molecular formula is C29H24BrNO8. The molecule has 1 aliphatic heterocycles. The molecule has 0 saturated carbocycles. The molecule has 1 fully saturated rings. The minimum atomic E-state index is -0.726. The first-order chi connectivity index (χ1) is 18.7. The number of Topliss-reactive ketones (excluding diaryl/α,β-unsaturated/α-hetero) is 1. The summed E-state index contributed by atoms with van der Waals surface area (Å²) in [6.07, 6.45) is -0.0505. The van der Waals surface area contributed by atoms with E-state index in [1.807, 2.05) is 0 Å². The summed E-state index contributed by atoms with van der Waals surface area (Å²) in [4.78, 5) is 63.1. The molecule has 0 radical (unpaired) electrons. The molecule has 9 nitrogen and oxygen atoms in total. The van der Waals surface area contributed by atoms with Crippen molar-refractivity contribution in [3.05, 3.63) is 94.0 Å². The summed E-state index contributed by atoms with van der Waals surface area (Å²) in [6.45, 7) is 1.58. The highest BCUT2D eigenvalue weighted by Crippen LogP contribution is 2.26. The lowest BCUT2D eigenvalue weighted by molar-refractivity contribution is -0.147. The van der Waals surface area contributed by atoms with Crippen LogP contribution in [0.5, 0.6) is 5.75 Å². The first-order valence-electron chi connectivity index (χ1n) is 12.1. The van der Waals surface area contributed by atoms with Crippen molar-refractivity contribution in [3.63, 3.8) is 0 Å². The Morgan fingerprint density at radius 1 is 0.821 bits per heavy atom. The zero-order valence-corrected chi connectivity index (χ0v) is 22.5. The molecule has 39 heavy (non-hydrogen) atoms. The van der Waals surface area contributed by atoms with E-state index in [1.54, 1.807) is 55.5 Å². The summed E-state index contributed by atoms with van der Waals surface area (Å²) in [6, 6.07) is 18.9. The van der Waals surface area contributed by atoms with Crippen LogP contribution in [0.3, 0.4) is 0 Å². The molecule has 1 saturated heterocycles. The number of nitrogens with zero attached hydrogens (tertiary/aromatic N) is 1. The van der Waals surface area contributed by atoms with Gasteiger partial charge in [-0.1, -0.05) is 15.9 Å². The minimum Gasteiger partial charge on any atom is -0.462 e. The Kier molecular flexibility index (Phi) is 8.88. The molecule has 0 N–H and O–H groups in total. The smallest absolute Gasteiger partial charge is 0.343 e. The monoisotopic (exact) mass is 593 g/mol. The van der Waals surface area contributed by atoms with E-state index in [2.05, 4.69) is 15.9 Å². The Morgan fingerprint density at radius 3 is 2.05 bits per heavy atom. The topological polar surface area (TPSA) is 116 Å². The average molecular weight is 594 g/mol. The van der Waals surface area contributed by atoms with Crippen molar-refractivity contribution in [1.82, 2.24) is 0 Å². The van der Waals surface area contributed by atoms with Crippen molar-refractivity contribution in [1.29, 1.82) is 0 Å². The molecule has 0 unspecified atom stereocenters. The molecule has 3 aromatic carbocycles. The maximum atomic E-state index is 12.6. The van der Waals surface area contributed by atoms with E-state index in [4.69, 9.17) is 14.2 Å². The van der Waals surface area contributed by atoms with Gasteiger partial charge in [-0.3, -0.25) is 14.4 Å². The van der Waals surface area contributed by atoms with Crippen LogP contribution in [0.2, 0.25) is 0 Å². The fraction of sp³-hybridized carbons (Fsp3) is 0.207. The largest absolute Gasteiger partial charge is 0.462 e. The molecule has 0 spiro atoms. The number of ether oxygens (including phenoxy) is 3. The number of amides is 1. The van der Waals surface area contributed by atoms with Crippen molar-refractivity contribution >= 4 is 51.2 Å². The molecule has 200 valence electrons. The summed E-state index contributed by atoms with van der Waals surface area (Å²) in [5, 5.41) is 0. The summed E-state index contributed by atoms with van der Waals surface area (Å²) in [7, 11) is 0. The number of carbonyl (C=O) groups excluding carboxylic acids is 5. The van der Waals surface area contributed by atoms with Crippen molar-refractivity contribution < 1.29 is 38.2 Å². The van der Waals surface area contributed by atoms with Crippen LogP contribution in [0.25, 0.3) is 0 Å². The first-order valence-corrected chi connectivity index (χ1v) is 12.9. The lowest BCUT2D eigenvalue weighted by Gasteiger charge is -2.17. The van der Waals surface area contributed by atoms with E-state index in [9.17, 15) is 24.0 Å². The number of esters is 3. The van der Waals surface area contributed by atoms with E-state index in [0.717, 1.165) is 4.47 Å². The number of carbonyl (C=O) groups is 5. The van der Waals surface area contributed by atoms with Crippen molar-refractivity contribution in [3.8, 4) is 5.75 Å². The molecule has 1 heterocycles. The van der Waals surface area contributed by atoms with Crippen LogP contribution in [0.15, 0.2) is 77.3 Å². The molecule has 3 aromatic rings. The molecule has 0 aromatic heterocycles. The lowest BCUT2D eigenvalue weighted by atomic mass is 10.1. The van der Waals surface area contributed by atoms with Gasteiger partial charge < -0.3 is 19.1 Å². The number of hydrogen-bond donors (Lipinski definition) is 0. The Bertz CT molecular complexity index is 1380. The zero-order chi connectivity index (χ0) is 27.9. The summed E-state index contributed by atoms with van der Waals surface area (Å²) < 4.78 is 16.3. The van der Waals surface area contributed by atoms with Gasteiger partial charge in [0.1, 0.15) is 5.75 Å². The SMILES string of the molecule is CCOC(=O)c1ccc(N2C[C@@H](C(=O)OCC(=O)c3ccc(OC(=O)c4ccc(Br)cc4)cc3)CC2=O)cc1. The second kappa shape index (κ2) is 12.5. The van der Waals surface area contributed by atoms with Gasteiger partial charge in [-0.05, 0) is 79.7 Å². The van der Waals surface area contributed by atoms with Crippen LogP contribution in [-0.4, -0.2) is 49.4 Å². The normalized spacial score (nSPS) is 14.6. The standard InChI is InChI=1S/C29H24BrNO8/c1-2-37-27(34)19-5-11-23(12-6-19)31-16-21(15-26(31)33)28(35)38-17-25(32)18-7-13-24(14-8-18)39-29(36)20-3-9-22(30)10-4-20/h3-14,21H,2,15-17H2,1H3/t21-/m0/s1. The number of benzene rings is 3. The third kappa shape index (κ3) is 6.97. The van der Waals surface area contributed by atoms with Crippen LogP contribution in [-0.2, 0) is 19.1 Å². The number of anilines is 1. The third-order valence-electron chi connectivity index (χ3n) is 5.96. The third-order valence-corrected chi connectivity index (χ3v) is 6.49. The first kappa shape index (κ1) is 27.7. The quantitative estimate of drug-likeness (QED) is 0.200. The molecular weight excluding hydrogens is 570 g/mol. The van der Waals surface area contributed by atoms with Crippen LogP contribution < -0.4 is 9.64 Å². The van der Waals surface area contributed by atoms with Crippen LogP contribution in [0.1, 0.15) is 44.4 Å². The predicted octanol–water partition coefficient (Wildman–Crippen LogP) is 4.62. The molecule has 1 amide bonds. The van der Waals surface area contributed by atoms with Crippen molar-refractivity contribution in [2.45, 2.75) is 13.3 Å². The molecule has 4 rings (SSSR count). The molecule has 0 bridgehead atoms. The van der Waals surface area contributed by atoms with E-state index in [1.165, 1.54) is 29.2 Å². The summed E-state index contributed by atoms with van der Waals surface area (Å²) >= 11 is 3.30. The minimum absolute atomic E-state index is 0.0505. The number of hydrogen-bond acceptors (Lipinski definition) is 8. The number of halogens is 1. The summed E-state index contributed by atoms with van der Waals surface area (Å²) in [5.41, 5.74) is 1.55. The van der Waals surface area contributed by atoms with Crippen LogP contribution >= 0.6 is 15.9 Å². The van der Waals surface area contributed by atoms with Crippen LogP contribution in [0, 0.1) is 5.92 Å². The van der Waals surface area contributed by atoms with Crippen molar-refractivity contribution in [2.24, 2.45) is 5.92 Å². The van der Waals surface area contributed by atoms with E-state index < -0.39 is 36.2 Å². The van der Waals surface area contributed by atoms with E-state index >= 15 is 0 Å². The van der Waals surface area contributed by atoms with Crippen LogP contribution in [0.4, 0.5) is 5.69 Å². The van der Waals surface area contributed by atoms with Crippen molar-refractivity contribution in [2.75, 3.05) is 24.7 Å². The van der Waals surface area contributed by atoms with Gasteiger partial charge >= 0.3 is 17.9 Å². The van der Waals surface area contributed by atoms with Gasteiger partial charge in [0.25, 0.3) is 0 Å². The van der Waals surface area contributed by atoms with Gasteiger partial charge in [0, 0.05) is 28.7 Å². The Hall–Kier alpha value is -4.31. The van der Waals surface area contributed by atoms with Gasteiger partial charge in [-0.2, -0.15) is 0 Å². The summed E-state index contributed by atoms with van der Waals surface area (Å²) in [5.74, 6) is -2.82. The molecule has 1 atom stereocenters. The molecule has 10 heteroatoms. The predicted molar refractivity (Wildman–Crippen MR) is 144 cm³/mol. The maximum absolute atomic E-state index is 12.6. The Labute approximate surface area is 232 Å². The lowest BCUT2D eigenvalue weighted by Crippen LogP contribution is -2.27.